The predicted octanol–water partition coefficient (Wildman–Crippen LogP) is 5.37. The van der Waals surface area contributed by atoms with E-state index < -0.39 is 11.7 Å². The summed E-state index contributed by atoms with van der Waals surface area (Å²) in [7, 11) is 1.48. The molecule has 0 saturated carbocycles. The minimum atomic E-state index is -0.451. The monoisotopic (exact) mass is 678 g/mol. The van der Waals surface area contributed by atoms with E-state index in [4.69, 9.17) is 9.47 Å². The van der Waals surface area contributed by atoms with E-state index in [0.29, 0.717) is 49.5 Å². The molecule has 0 atom stereocenters. The van der Waals surface area contributed by atoms with E-state index in [2.05, 4.69) is 53.9 Å². The number of aryl methyl sites for hydroxylation is 1. The summed E-state index contributed by atoms with van der Waals surface area (Å²) in [5.74, 6) is 0.389. The first-order valence-corrected chi connectivity index (χ1v) is 13.0. The maximum absolute atomic E-state index is 13.3. The van der Waals surface area contributed by atoms with E-state index in [1.165, 1.54) is 36.2 Å². The average molecular weight is 679 g/mol. The normalized spacial score (nSPS) is 11.2. The van der Waals surface area contributed by atoms with Crippen LogP contribution < -0.4 is 20.3 Å². The summed E-state index contributed by atoms with van der Waals surface area (Å²) >= 11 is 5.46. The van der Waals surface area contributed by atoms with Gasteiger partial charge in [-0.3, -0.25) is 9.59 Å². The molecule has 0 saturated heterocycles. The van der Waals surface area contributed by atoms with Crippen molar-refractivity contribution in [3.05, 3.63) is 90.2 Å². The summed E-state index contributed by atoms with van der Waals surface area (Å²) in [6.45, 7) is 1.60. The first-order chi connectivity index (χ1) is 17.8. The third-order valence-electron chi connectivity index (χ3n) is 5.22. The Morgan fingerprint density at radius 1 is 1.24 bits per heavy atom. The second-order valence-corrected chi connectivity index (χ2v) is 9.86. The Labute approximate surface area is 233 Å². The van der Waals surface area contributed by atoms with Crippen molar-refractivity contribution >= 4 is 67.2 Å². The third kappa shape index (κ3) is 6.34. The van der Waals surface area contributed by atoms with Gasteiger partial charge in [-0.1, -0.05) is 28.9 Å². The van der Waals surface area contributed by atoms with E-state index in [0.717, 1.165) is 4.47 Å². The number of rotatable bonds is 8. The Kier molecular flexibility index (Phi) is 8.54. The van der Waals surface area contributed by atoms with Crippen molar-refractivity contribution in [1.29, 1.82) is 0 Å². The van der Waals surface area contributed by atoms with Gasteiger partial charge in [-0.2, -0.15) is 9.78 Å². The van der Waals surface area contributed by atoms with Crippen molar-refractivity contribution < 1.29 is 18.7 Å². The molecule has 0 aliphatic carbocycles. The van der Waals surface area contributed by atoms with Crippen LogP contribution in [0, 0.1) is 9.39 Å². The average Bonchev–Trinajstić information content (AvgIpc) is 2.87. The van der Waals surface area contributed by atoms with Gasteiger partial charge in [0, 0.05) is 16.6 Å². The number of halogens is 3. The lowest BCUT2D eigenvalue weighted by molar-refractivity contribution is -0.118. The molecule has 0 spiro atoms. The summed E-state index contributed by atoms with van der Waals surface area (Å²) in [4.78, 5) is 30.0. The molecule has 4 aromatic rings. The molecule has 0 radical (unpaired) electrons. The fraction of sp³-hybridized carbons (Fsp3) is 0.154. The van der Waals surface area contributed by atoms with Crippen molar-refractivity contribution in [2.75, 3.05) is 19.0 Å². The van der Waals surface area contributed by atoms with Crippen LogP contribution in [0.25, 0.3) is 10.9 Å². The van der Waals surface area contributed by atoms with Gasteiger partial charge in [0.15, 0.2) is 18.1 Å². The minimum absolute atomic E-state index is 0.273. The van der Waals surface area contributed by atoms with Crippen LogP contribution in [0.5, 0.6) is 11.5 Å². The predicted molar refractivity (Wildman–Crippen MR) is 152 cm³/mol. The zero-order valence-electron chi connectivity index (χ0n) is 19.8. The zero-order valence-corrected chi connectivity index (χ0v) is 23.5. The molecule has 1 amide bonds. The molecular weight excluding hydrogens is 658 g/mol. The molecule has 0 unspecified atom stereocenters. The third-order valence-corrected chi connectivity index (χ3v) is 6.52. The highest BCUT2D eigenvalue weighted by molar-refractivity contribution is 14.1. The molecule has 190 valence electrons. The van der Waals surface area contributed by atoms with Crippen molar-refractivity contribution in [2.45, 2.75) is 13.3 Å². The molecule has 1 heterocycles. The lowest BCUT2D eigenvalue weighted by Crippen LogP contribution is -2.22. The molecule has 0 fully saturated rings. The number of methoxy groups -OCH3 is 1. The van der Waals surface area contributed by atoms with Crippen LogP contribution in [0.3, 0.4) is 0 Å². The molecule has 0 aliphatic rings. The van der Waals surface area contributed by atoms with Gasteiger partial charge in [-0.15, -0.1) is 0 Å². The van der Waals surface area contributed by atoms with E-state index >= 15 is 0 Å². The van der Waals surface area contributed by atoms with Gasteiger partial charge in [-0.05, 0) is 76.7 Å². The molecular formula is C26H21BrFIN4O4. The van der Waals surface area contributed by atoms with Crippen LogP contribution >= 0.6 is 38.5 Å². The highest BCUT2D eigenvalue weighted by Crippen LogP contribution is 2.33. The van der Waals surface area contributed by atoms with E-state index in [-0.39, 0.29) is 12.2 Å². The molecule has 37 heavy (non-hydrogen) atoms. The second-order valence-electron chi connectivity index (χ2n) is 7.79. The van der Waals surface area contributed by atoms with Gasteiger partial charge < -0.3 is 14.8 Å². The summed E-state index contributed by atoms with van der Waals surface area (Å²) in [6.07, 6.45) is 2.06. The zero-order chi connectivity index (χ0) is 26.5. The number of carbonyl (C=O) groups excluding carboxylic acids is 1. The van der Waals surface area contributed by atoms with Gasteiger partial charge >= 0.3 is 0 Å². The smallest absolute Gasteiger partial charge is 0.282 e. The number of aromatic nitrogens is 2. The van der Waals surface area contributed by atoms with Crippen LogP contribution in [0.4, 0.5) is 10.1 Å². The number of amides is 1. The largest absolute Gasteiger partial charge is 0.493 e. The molecule has 1 aromatic heterocycles. The lowest BCUT2D eigenvalue weighted by atomic mass is 10.2. The van der Waals surface area contributed by atoms with Gasteiger partial charge in [-0.25, -0.2) is 9.37 Å². The fourth-order valence-corrected chi connectivity index (χ4v) is 4.66. The van der Waals surface area contributed by atoms with Crippen molar-refractivity contribution in [1.82, 2.24) is 9.66 Å². The maximum atomic E-state index is 13.3. The quantitative estimate of drug-likeness (QED) is 0.200. The van der Waals surface area contributed by atoms with Crippen molar-refractivity contribution in [3.63, 3.8) is 0 Å². The Balaban J connectivity index is 1.56. The molecule has 8 nitrogen and oxygen atoms in total. The van der Waals surface area contributed by atoms with Gasteiger partial charge in [0.1, 0.15) is 11.6 Å². The van der Waals surface area contributed by atoms with Crippen LogP contribution in [-0.2, 0) is 11.2 Å². The molecule has 0 bridgehead atoms. The number of ether oxygens (including phenoxy) is 2. The summed E-state index contributed by atoms with van der Waals surface area (Å²) in [5, 5.41) is 7.44. The lowest BCUT2D eigenvalue weighted by Gasteiger charge is -2.14. The number of hydrogen-bond acceptors (Lipinski definition) is 6. The van der Waals surface area contributed by atoms with Crippen LogP contribution in [0.15, 0.2) is 69.0 Å². The fourth-order valence-electron chi connectivity index (χ4n) is 3.52. The summed E-state index contributed by atoms with van der Waals surface area (Å²) < 4.78 is 27.2. The topological polar surface area (TPSA) is 94.8 Å². The van der Waals surface area contributed by atoms with Gasteiger partial charge in [0.25, 0.3) is 11.5 Å². The van der Waals surface area contributed by atoms with E-state index in [9.17, 15) is 14.0 Å². The Hall–Kier alpha value is -3.32. The van der Waals surface area contributed by atoms with Gasteiger partial charge in [0.05, 0.1) is 27.8 Å². The Morgan fingerprint density at radius 3 is 2.78 bits per heavy atom. The Bertz CT molecular complexity index is 1570. The van der Waals surface area contributed by atoms with Crippen LogP contribution in [-0.4, -0.2) is 35.5 Å². The number of fused-ring (bicyclic) bond motifs is 1. The van der Waals surface area contributed by atoms with Crippen LogP contribution in [0.2, 0.25) is 0 Å². The number of hydrogen-bond donors (Lipinski definition) is 1. The number of benzene rings is 3. The molecule has 11 heteroatoms. The molecule has 0 aliphatic heterocycles. The SMILES string of the molecule is CCc1nc2ccc(Br)cc2c(=O)n1N=Cc1cc(I)c(OCC(=O)Nc2cccc(F)c2)c(OC)c1. The van der Waals surface area contributed by atoms with E-state index in [1.54, 1.807) is 30.3 Å². The maximum Gasteiger partial charge on any atom is 0.282 e. The number of nitrogens with zero attached hydrogens (tertiary/aromatic N) is 3. The number of nitrogens with one attached hydrogen (secondary N) is 1. The van der Waals surface area contributed by atoms with Crippen LogP contribution in [0.1, 0.15) is 18.3 Å². The number of carbonyl (C=O) groups is 1. The number of anilines is 1. The van der Waals surface area contributed by atoms with Crippen molar-refractivity contribution in [3.8, 4) is 11.5 Å². The standard InChI is InChI=1S/C26H21BrFIN4O4/c1-3-23-32-21-8-7-16(27)11-19(21)26(35)33(23)30-13-15-9-20(29)25(22(10-15)36-2)37-14-24(34)31-18-6-4-5-17(28)12-18/h4-13H,3,14H2,1-2H3,(H,31,34). The van der Waals surface area contributed by atoms with Crippen molar-refractivity contribution in [2.24, 2.45) is 5.10 Å². The first kappa shape index (κ1) is 26.7. The summed E-state index contributed by atoms with van der Waals surface area (Å²) in [6, 6.07) is 14.4. The highest BCUT2D eigenvalue weighted by Gasteiger charge is 2.14. The minimum Gasteiger partial charge on any atom is -0.493 e. The second kappa shape index (κ2) is 11.8. The summed E-state index contributed by atoms with van der Waals surface area (Å²) in [5.41, 5.74) is 1.32. The Morgan fingerprint density at radius 2 is 2.05 bits per heavy atom. The molecule has 1 N–H and O–H groups in total. The van der Waals surface area contributed by atoms with Gasteiger partial charge in [0.2, 0.25) is 0 Å². The molecule has 3 aromatic carbocycles. The molecule has 4 rings (SSSR count). The highest BCUT2D eigenvalue weighted by atomic mass is 127. The first-order valence-electron chi connectivity index (χ1n) is 11.1. The van der Waals surface area contributed by atoms with E-state index in [1.807, 2.05) is 13.0 Å².